The van der Waals surface area contributed by atoms with Crippen molar-refractivity contribution in [2.75, 3.05) is 7.11 Å². The Morgan fingerprint density at radius 3 is 2.39 bits per heavy atom. The summed E-state index contributed by atoms with van der Waals surface area (Å²) >= 11 is 0. The second-order valence-electron chi connectivity index (χ2n) is 5.96. The van der Waals surface area contributed by atoms with Crippen molar-refractivity contribution in [1.82, 2.24) is 9.55 Å². The van der Waals surface area contributed by atoms with Gasteiger partial charge in [-0.1, -0.05) is 12.1 Å². The number of nitrogens with two attached hydrogens (primary N) is 1. The second-order valence-corrected chi connectivity index (χ2v) is 5.96. The number of alkyl halides is 3. The minimum atomic E-state index is -5.08. The fourth-order valence-electron chi connectivity index (χ4n) is 2.33. The first-order valence-electron chi connectivity index (χ1n) is 8.05. The fourth-order valence-corrected chi connectivity index (χ4v) is 2.33. The van der Waals surface area contributed by atoms with Gasteiger partial charge in [-0.25, -0.2) is 9.78 Å². The van der Waals surface area contributed by atoms with Crippen molar-refractivity contribution < 1.29 is 32.6 Å². The van der Waals surface area contributed by atoms with E-state index in [1.54, 1.807) is 18.2 Å². The molecule has 2 atom stereocenters. The van der Waals surface area contributed by atoms with E-state index in [-0.39, 0.29) is 24.1 Å². The molecule has 2 aromatic rings. The normalized spacial score (nSPS) is 13.2. The molecule has 0 fully saturated rings. The molecular formula is C17H20F3N3O5. The molecule has 2 rings (SSSR count). The molecule has 28 heavy (non-hydrogen) atoms. The number of halogens is 3. The van der Waals surface area contributed by atoms with Crippen molar-refractivity contribution >= 4 is 22.8 Å². The van der Waals surface area contributed by atoms with Crippen LogP contribution in [0, 0.1) is 5.92 Å². The van der Waals surface area contributed by atoms with Gasteiger partial charge in [0.1, 0.15) is 0 Å². The molecule has 154 valence electrons. The fraction of sp³-hybridized carbons (Fsp3) is 0.412. The molecule has 0 radical (unpaired) electrons. The lowest BCUT2D eigenvalue weighted by Crippen LogP contribution is -2.32. The molecule has 0 aliphatic rings. The van der Waals surface area contributed by atoms with Crippen molar-refractivity contribution in [2.24, 2.45) is 11.7 Å². The number of carbonyl (C=O) groups excluding carboxylic acids is 1. The highest BCUT2D eigenvalue weighted by atomic mass is 19.4. The molecule has 8 nitrogen and oxygen atoms in total. The van der Waals surface area contributed by atoms with Crippen LogP contribution in [0.3, 0.4) is 0 Å². The summed E-state index contributed by atoms with van der Waals surface area (Å²) in [5.74, 6) is -3.59. The highest BCUT2D eigenvalue weighted by Gasteiger charge is 2.38. The van der Waals surface area contributed by atoms with Crippen LogP contribution in [-0.2, 0) is 20.9 Å². The van der Waals surface area contributed by atoms with Gasteiger partial charge in [-0.05, 0) is 25.5 Å². The number of methoxy groups -OCH3 is 1. The minimum absolute atomic E-state index is 0.154. The average molecular weight is 403 g/mol. The maximum atomic E-state index is 12.4. The van der Waals surface area contributed by atoms with E-state index in [0.717, 1.165) is 0 Å². The van der Waals surface area contributed by atoms with Gasteiger partial charge < -0.3 is 15.6 Å². The Morgan fingerprint density at radius 1 is 1.32 bits per heavy atom. The number of hydrogen-bond acceptors (Lipinski definition) is 6. The summed E-state index contributed by atoms with van der Waals surface area (Å²) in [6.07, 6.45) is -3.17. The van der Waals surface area contributed by atoms with Crippen LogP contribution in [0.5, 0.6) is 0 Å². The lowest BCUT2D eigenvalue weighted by atomic mass is 10.0. The Balaban J connectivity index is 0.000000480. The number of aromatic nitrogens is 2. The Bertz CT molecular complexity index is 880. The van der Waals surface area contributed by atoms with Crippen LogP contribution in [0.2, 0.25) is 0 Å². The first-order valence-corrected chi connectivity index (χ1v) is 8.05. The maximum absolute atomic E-state index is 12.4. The molecule has 1 heterocycles. The SMILES string of the molecule is COC(=O)C(C[C@H](C)N)Cn1cnc2ccccc2c1=O.O=C(O)C(F)(F)F. The van der Waals surface area contributed by atoms with E-state index in [9.17, 15) is 22.8 Å². The predicted molar refractivity (Wildman–Crippen MR) is 93.5 cm³/mol. The van der Waals surface area contributed by atoms with Gasteiger partial charge in [0, 0.05) is 12.6 Å². The first kappa shape index (κ1) is 23.1. The first-order chi connectivity index (χ1) is 13.0. The molecule has 11 heteroatoms. The molecule has 0 saturated carbocycles. The number of ether oxygens (including phenoxy) is 1. The summed E-state index contributed by atoms with van der Waals surface area (Å²) in [5.41, 5.74) is 6.23. The number of carboxylic acids is 1. The number of fused-ring (bicyclic) bond motifs is 1. The van der Waals surface area contributed by atoms with Crippen LogP contribution in [0.15, 0.2) is 35.4 Å². The van der Waals surface area contributed by atoms with Gasteiger partial charge in [0.2, 0.25) is 0 Å². The Kier molecular flexibility index (Phi) is 8.11. The summed E-state index contributed by atoms with van der Waals surface area (Å²) < 4.78 is 38.0. The zero-order valence-corrected chi connectivity index (χ0v) is 15.1. The molecule has 1 aromatic carbocycles. The average Bonchev–Trinajstić information content (AvgIpc) is 2.62. The van der Waals surface area contributed by atoms with E-state index in [2.05, 4.69) is 4.98 Å². The number of carbonyl (C=O) groups is 2. The Hall–Kier alpha value is -2.95. The third-order valence-electron chi connectivity index (χ3n) is 3.58. The van der Waals surface area contributed by atoms with Crippen LogP contribution in [0.25, 0.3) is 10.9 Å². The molecule has 0 spiro atoms. The Morgan fingerprint density at radius 2 is 1.89 bits per heavy atom. The van der Waals surface area contributed by atoms with Crippen LogP contribution in [-0.4, -0.2) is 45.9 Å². The summed E-state index contributed by atoms with van der Waals surface area (Å²) in [6.45, 7) is 2.03. The van der Waals surface area contributed by atoms with E-state index in [1.807, 2.05) is 13.0 Å². The van der Waals surface area contributed by atoms with Gasteiger partial charge in [0.25, 0.3) is 5.56 Å². The van der Waals surface area contributed by atoms with Gasteiger partial charge >= 0.3 is 18.1 Å². The molecule has 0 amide bonds. The smallest absolute Gasteiger partial charge is 0.475 e. The van der Waals surface area contributed by atoms with Crippen LogP contribution >= 0.6 is 0 Å². The molecule has 3 N–H and O–H groups in total. The molecule has 0 saturated heterocycles. The number of nitrogens with zero attached hydrogens (tertiary/aromatic N) is 2. The number of esters is 1. The molecular weight excluding hydrogens is 383 g/mol. The second kappa shape index (κ2) is 9.83. The van der Waals surface area contributed by atoms with Gasteiger partial charge in [0.15, 0.2) is 0 Å². The summed E-state index contributed by atoms with van der Waals surface area (Å²) in [5, 5.41) is 7.66. The standard InChI is InChI=1S/C15H19N3O3.C2HF3O2/c1-10(16)7-11(15(20)21-2)8-18-9-17-13-6-4-3-5-12(13)14(18)19;3-2(4,5)1(6)7/h3-6,9-11H,7-8,16H2,1-2H3;(H,6,7)/t10-,11?;/m0./s1. The number of benzene rings is 1. The van der Waals surface area contributed by atoms with E-state index in [1.165, 1.54) is 18.0 Å². The third kappa shape index (κ3) is 6.65. The number of hydrogen-bond donors (Lipinski definition) is 2. The molecule has 0 aliphatic carbocycles. The summed E-state index contributed by atoms with van der Waals surface area (Å²) in [7, 11) is 1.33. The zero-order chi connectivity index (χ0) is 21.5. The van der Waals surface area contributed by atoms with Crippen LogP contribution < -0.4 is 11.3 Å². The maximum Gasteiger partial charge on any atom is 0.490 e. The largest absolute Gasteiger partial charge is 0.490 e. The summed E-state index contributed by atoms with van der Waals surface area (Å²) in [6, 6.07) is 6.96. The van der Waals surface area contributed by atoms with Gasteiger partial charge in [0.05, 0.1) is 30.3 Å². The summed E-state index contributed by atoms with van der Waals surface area (Å²) in [4.78, 5) is 37.3. The minimum Gasteiger partial charge on any atom is -0.475 e. The van der Waals surface area contributed by atoms with Gasteiger partial charge in [-0.2, -0.15) is 13.2 Å². The van der Waals surface area contributed by atoms with Crippen molar-refractivity contribution in [2.45, 2.75) is 32.1 Å². The molecule has 0 aliphatic heterocycles. The molecule has 1 unspecified atom stereocenters. The van der Waals surface area contributed by atoms with Crippen molar-refractivity contribution in [1.29, 1.82) is 0 Å². The van der Waals surface area contributed by atoms with E-state index in [4.69, 9.17) is 20.4 Å². The molecule has 1 aromatic heterocycles. The third-order valence-corrected chi connectivity index (χ3v) is 3.58. The topological polar surface area (TPSA) is 125 Å². The predicted octanol–water partition coefficient (Wildman–Crippen LogP) is 1.56. The van der Waals surface area contributed by atoms with Crippen molar-refractivity contribution in [3.63, 3.8) is 0 Å². The van der Waals surface area contributed by atoms with E-state index < -0.39 is 18.1 Å². The van der Waals surface area contributed by atoms with Gasteiger partial charge in [-0.3, -0.25) is 14.2 Å². The van der Waals surface area contributed by atoms with Crippen molar-refractivity contribution in [3.05, 3.63) is 40.9 Å². The van der Waals surface area contributed by atoms with Crippen LogP contribution in [0.1, 0.15) is 13.3 Å². The van der Waals surface area contributed by atoms with Crippen LogP contribution in [0.4, 0.5) is 13.2 Å². The monoisotopic (exact) mass is 403 g/mol. The number of para-hydroxylation sites is 1. The number of rotatable bonds is 5. The zero-order valence-electron chi connectivity index (χ0n) is 15.1. The molecule has 0 bridgehead atoms. The lowest BCUT2D eigenvalue weighted by Gasteiger charge is -2.17. The number of carboxylic acid groups (broad SMARTS) is 1. The highest BCUT2D eigenvalue weighted by molar-refractivity contribution is 5.77. The van der Waals surface area contributed by atoms with E-state index >= 15 is 0 Å². The van der Waals surface area contributed by atoms with E-state index in [0.29, 0.717) is 17.3 Å². The Labute approximate surface area is 157 Å². The quantitative estimate of drug-likeness (QED) is 0.726. The number of aliphatic carboxylic acids is 1. The highest BCUT2D eigenvalue weighted by Crippen LogP contribution is 2.13. The lowest BCUT2D eigenvalue weighted by molar-refractivity contribution is -0.192. The van der Waals surface area contributed by atoms with Crippen molar-refractivity contribution in [3.8, 4) is 0 Å². The van der Waals surface area contributed by atoms with Gasteiger partial charge in [-0.15, -0.1) is 0 Å².